The number of aromatic nitrogens is 3. The van der Waals surface area contributed by atoms with E-state index in [9.17, 15) is 0 Å². The van der Waals surface area contributed by atoms with Crippen LogP contribution in [0.2, 0.25) is 0 Å². The summed E-state index contributed by atoms with van der Waals surface area (Å²) in [4.78, 5) is 10.4. The molecule has 0 unspecified atom stereocenters. The molecule has 0 aliphatic carbocycles. The van der Waals surface area contributed by atoms with Crippen molar-refractivity contribution in [2.45, 2.75) is 0 Å². The van der Waals surface area contributed by atoms with E-state index in [2.05, 4.69) is 138 Å². The van der Waals surface area contributed by atoms with Gasteiger partial charge in [0, 0.05) is 10.8 Å². The Morgan fingerprint density at radius 2 is 1.36 bits per heavy atom. The molecule has 0 aliphatic heterocycles. The summed E-state index contributed by atoms with van der Waals surface area (Å²) in [5.74, 6) is 0. The van der Waals surface area contributed by atoms with E-state index in [1.807, 2.05) is 24.3 Å². The molecule has 3 heterocycles. The topological polar surface area (TPSA) is 31.9 Å². The SMILES string of the molecule is [Au+3].[c-]1ccccc1-c1[c-]c(-n2c3ccccc3c3ccc(-c4cccc5c4[n-]c4ccccc45)nc32)cc(-c2ccccc2)c1. The van der Waals surface area contributed by atoms with Crippen LogP contribution in [0.4, 0.5) is 0 Å². The second kappa shape index (κ2) is 11.1. The molecule has 0 saturated carbocycles. The number of fused-ring (bicyclic) bond motifs is 6. The Morgan fingerprint density at radius 3 is 2.22 bits per heavy atom. The van der Waals surface area contributed by atoms with Gasteiger partial charge >= 0.3 is 22.4 Å². The molecule has 9 rings (SSSR count). The third kappa shape index (κ3) is 4.52. The van der Waals surface area contributed by atoms with Crippen molar-refractivity contribution in [3.05, 3.63) is 158 Å². The van der Waals surface area contributed by atoms with Crippen molar-refractivity contribution in [2.24, 2.45) is 0 Å². The van der Waals surface area contributed by atoms with Crippen molar-refractivity contribution in [3.8, 4) is 39.2 Å². The van der Waals surface area contributed by atoms with Crippen LogP contribution in [0, 0.1) is 12.1 Å². The van der Waals surface area contributed by atoms with Crippen LogP contribution in [0.3, 0.4) is 0 Å². The standard InChI is InChI=1S/C41H24N3.Au/c1-3-12-27(13-4-1)29-24-30(28-14-5-2-6-15-28)26-31(25-29)44-39-21-10-8-17-33(39)35-22-23-38(43-41(35)44)36-19-11-18-34-32-16-7-9-20-37(32)42-40(34)36;/h1-14,16-25H;/q-3;+3. The van der Waals surface area contributed by atoms with Gasteiger partial charge in [0.2, 0.25) is 0 Å². The Balaban J connectivity index is 0.00000300. The first-order chi connectivity index (χ1) is 21.8. The molecule has 0 atom stereocenters. The Bertz CT molecular complexity index is 2430. The molecule has 0 saturated heterocycles. The van der Waals surface area contributed by atoms with Gasteiger partial charge in [-0.05, 0) is 45.8 Å². The fourth-order valence-corrected chi connectivity index (χ4v) is 6.42. The van der Waals surface area contributed by atoms with Crippen molar-refractivity contribution in [1.82, 2.24) is 14.5 Å². The summed E-state index contributed by atoms with van der Waals surface area (Å²) in [6.45, 7) is 0. The van der Waals surface area contributed by atoms with Crippen LogP contribution in [-0.4, -0.2) is 9.55 Å². The fourth-order valence-electron chi connectivity index (χ4n) is 6.42. The van der Waals surface area contributed by atoms with Gasteiger partial charge in [-0.2, -0.15) is 36.4 Å². The predicted octanol–water partition coefficient (Wildman–Crippen LogP) is 10.0. The summed E-state index contributed by atoms with van der Waals surface area (Å²) < 4.78 is 2.25. The van der Waals surface area contributed by atoms with Gasteiger partial charge in [0.05, 0.1) is 11.2 Å². The number of hydrogen-bond acceptors (Lipinski definition) is 1. The van der Waals surface area contributed by atoms with Gasteiger partial charge in [-0.25, -0.2) is 16.1 Å². The smallest absolute Gasteiger partial charge is 0.656 e. The minimum absolute atomic E-state index is 0. The van der Waals surface area contributed by atoms with Crippen LogP contribution in [-0.2, 0) is 22.4 Å². The molecular formula is C41H24AuN3. The van der Waals surface area contributed by atoms with E-state index < -0.39 is 0 Å². The Labute approximate surface area is 276 Å². The number of benzene rings is 6. The summed E-state index contributed by atoms with van der Waals surface area (Å²) >= 11 is 0. The van der Waals surface area contributed by atoms with Gasteiger partial charge in [-0.15, -0.1) is 28.7 Å². The molecule has 6 aromatic carbocycles. The number of rotatable bonds is 4. The van der Waals surface area contributed by atoms with Gasteiger partial charge in [-0.3, -0.25) is 0 Å². The molecule has 0 radical (unpaired) electrons. The number of para-hydroxylation sites is 3. The van der Waals surface area contributed by atoms with Crippen LogP contribution in [0.25, 0.3) is 82.9 Å². The molecule has 3 aromatic heterocycles. The first-order valence-electron chi connectivity index (χ1n) is 14.8. The van der Waals surface area contributed by atoms with Crippen molar-refractivity contribution in [3.63, 3.8) is 0 Å². The summed E-state index contributed by atoms with van der Waals surface area (Å²) in [6.07, 6.45) is 0. The van der Waals surface area contributed by atoms with E-state index >= 15 is 0 Å². The monoisotopic (exact) mass is 755 g/mol. The van der Waals surface area contributed by atoms with E-state index in [-0.39, 0.29) is 22.4 Å². The predicted molar refractivity (Wildman–Crippen MR) is 181 cm³/mol. The summed E-state index contributed by atoms with van der Waals surface area (Å²) in [5.41, 5.74) is 11.1. The molecule has 214 valence electrons. The number of nitrogens with zero attached hydrogens (tertiary/aromatic N) is 3. The van der Waals surface area contributed by atoms with Gasteiger partial charge in [0.1, 0.15) is 5.65 Å². The first-order valence-corrected chi connectivity index (χ1v) is 14.8. The molecule has 3 nitrogen and oxygen atoms in total. The Hall–Kier alpha value is -5.19. The second-order valence-electron chi connectivity index (χ2n) is 11.1. The minimum atomic E-state index is 0. The quantitative estimate of drug-likeness (QED) is 0.132. The zero-order valence-corrected chi connectivity index (χ0v) is 26.2. The molecule has 0 spiro atoms. The molecule has 9 aromatic rings. The summed E-state index contributed by atoms with van der Waals surface area (Å²) in [7, 11) is 0. The first kappa shape index (κ1) is 27.4. The maximum absolute atomic E-state index is 5.38. The van der Waals surface area contributed by atoms with Crippen molar-refractivity contribution < 1.29 is 22.4 Å². The molecule has 0 aliphatic rings. The van der Waals surface area contributed by atoms with Crippen LogP contribution in [0.5, 0.6) is 0 Å². The zero-order valence-electron chi connectivity index (χ0n) is 24.0. The van der Waals surface area contributed by atoms with Crippen LogP contribution >= 0.6 is 0 Å². The molecule has 0 fully saturated rings. The van der Waals surface area contributed by atoms with E-state index in [1.165, 1.54) is 0 Å². The summed E-state index contributed by atoms with van der Waals surface area (Å²) in [5, 5.41) is 4.57. The van der Waals surface area contributed by atoms with Crippen LogP contribution in [0.1, 0.15) is 0 Å². The number of hydrogen-bond donors (Lipinski definition) is 0. The third-order valence-electron chi connectivity index (χ3n) is 8.46. The molecule has 0 N–H and O–H groups in total. The van der Waals surface area contributed by atoms with Crippen molar-refractivity contribution in [2.75, 3.05) is 0 Å². The fraction of sp³-hybridized carbons (Fsp3) is 0. The Kier molecular flexibility index (Phi) is 6.73. The molecule has 0 bridgehead atoms. The number of pyridine rings is 1. The normalized spacial score (nSPS) is 11.4. The minimum Gasteiger partial charge on any atom is -0.656 e. The van der Waals surface area contributed by atoms with Gasteiger partial charge in [-0.1, -0.05) is 91.0 Å². The zero-order chi connectivity index (χ0) is 29.0. The maximum Gasteiger partial charge on any atom is 3.00 e. The summed E-state index contributed by atoms with van der Waals surface area (Å²) in [6, 6.07) is 57.7. The van der Waals surface area contributed by atoms with Crippen molar-refractivity contribution >= 4 is 43.7 Å². The van der Waals surface area contributed by atoms with Crippen LogP contribution < -0.4 is 4.98 Å². The molecule has 4 heteroatoms. The maximum atomic E-state index is 5.38. The van der Waals surface area contributed by atoms with E-state index in [0.717, 1.165) is 82.9 Å². The van der Waals surface area contributed by atoms with E-state index in [1.54, 1.807) is 0 Å². The molecule has 45 heavy (non-hydrogen) atoms. The average molecular weight is 756 g/mol. The van der Waals surface area contributed by atoms with Crippen molar-refractivity contribution in [1.29, 1.82) is 0 Å². The molecule has 0 amide bonds. The molecular weight excluding hydrogens is 731 g/mol. The van der Waals surface area contributed by atoms with Gasteiger partial charge < -0.3 is 9.55 Å². The Morgan fingerprint density at radius 1 is 0.578 bits per heavy atom. The van der Waals surface area contributed by atoms with Crippen LogP contribution in [0.15, 0.2) is 146 Å². The van der Waals surface area contributed by atoms with E-state index in [4.69, 9.17) is 9.97 Å². The average Bonchev–Trinajstić information content (AvgIpc) is 3.64. The largest absolute Gasteiger partial charge is 3.00 e. The van der Waals surface area contributed by atoms with Gasteiger partial charge in [0.15, 0.2) is 0 Å². The second-order valence-corrected chi connectivity index (χ2v) is 11.1. The third-order valence-corrected chi connectivity index (χ3v) is 8.46. The van der Waals surface area contributed by atoms with Gasteiger partial charge in [0.25, 0.3) is 0 Å². The van der Waals surface area contributed by atoms with E-state index in [0.29, 0.717) is 0 Å².